The van der Waals surface area contributed by atoms with E-state index >= 15 is 0 Å². The van der Waals surface area contributed by atoms with E-state index in [4.69, 9.17) is 21.4 Å². The Kier molecular flexibility index (Phi) is 7.63. The maximum Gasteiger partial charge on any atom is 0.417 e. The van der Waals surface area contributed by atoms with Gasteiger partial charge in [0, 0.05) is 6.61 Å². The van der Waals surface area contributed by atoms with Gasteiger partial charge in [-0.2, -0.15) is 13.2 Å². The number of aliphatic hydroxyl groups is 1. The molecule has 0 aromatic heterocycles. The predicted octanol–water partition coefficient (Wildman–Crippen LogP) is 5.99. The minimum atomic E-state index is -4.72. The maximum atomic E-state index is 13.8. The van der Waals surface area contributed by atoms with Gasteiger partial charge in [-0.05, 0) is 42.3 Å². The molecule has 0 saturated heterocycles. The van der Waals surface area contributed by atoms with Gasteiger partial charge in [0.15, 0.2) is 17.4 Å². The Morgan fingerprint density at radius 3 is 2.08 bits per heavy atom. The van der Waals surface area contributed by atoms with Crippen molar-refractivity contribution >= 4 is 11.6 Å². The van der Waals surface area contributed by atoms with Crippen LogP contribution in [0.4, 0.5) is 22.0 Å². The summed E-state index contributed by atoms with van der Waals surface area (Å²) in [4.78, 5) is 0. The summed E-state index contributed by atoms with van der Waals surface area (Å²) in [6.07, 6.45) is -4.69. The van der Waals surface area contributed by atoms with Crippen LogP contribution in [0.3, 0.4) is 0 Å². The highest BCUT2D eigenvalue weighted by atomic mass is 35.5. The highest BCUT2D eigenvalue weighted by molar-refractivity contribution is 6.31. The van der Waals surface area contributed by atoms with Crippen molar-refractivity contribution in [3.05, 3.63) is 58.1 Å². The molecule has 0 aliphatic carbocycles. The van der Waals surface area contributed by atoms with E-state index in [1.54, 1.807) is 0 Å². The van der Waals surface area contributed by atoms with Crippen LogP contribution in [-0.2, 0) is 12.6 Å². The molecular formula is C17H16ClF5O2. The van der Waals surface area contributed by atoms with Crippen LogP contribution >= 0.6 is 11.6 Å². The first kappa shape index (κ1) is 21.2. The van der Waals surface area contributed by atoms with Gasteiger partial charge < -0.3 is 9.84 Å². The summed E-state index contributed by atoms with van der Waals surface area (Å²) in [6.45, 7) is 3.70. The molecule has 8 heteroatoms. The van der Waals surface area contributed by atoms with Gasteiger partial charge in [-0.15, -0.1) is 0 Å². The van der Waals surface area contributed by atoms with Gasteiger partial charge in [0.05, 0.1) is 10.6 Å². The van der Waals surface area contributed by atoms with Crippen LogP contribution in [0.1, 0.15) is 25.0 Å². The smallest absolute Gasteiger partial charge is 0.417 e. The number of hydrogen-bond acceptors (Lipinski definition) is 2. The second-order valence-electron chi connectivity index (χ2n) is 4.60. The Bertz CT molecular complexity index is 694. The fraction of sp³-hybridized carbons (Fsp3) is 0.294. The molecule has 138 valence electrons. The van der Waals surface area contributed by atoms with Gasteiger partial charge in [-0.3, -0.25) is 0 Å². The number of rotatable bonds is 4. The monoisotopic (exact) mass is 382 g/mol. The molecule has 0 aliphatic heterocycles. The first-order valence-corrected chi connectivity index (χ1v) is 7.73. The standard InChI is InChI=1S/C15H10ClF5O2.C2H6/c16-11-2-1-9(7-10(11)15(19,20)21)23-14-12(17)5-8(3-4-22)6-13(14)18;1-2/h1-2,5-7,22H,3-4H2;1-2H3. The average molecular weight is 383 g/mol. The van der Waals surface area contributed by atoms with E-state index in [9.17, 15) is 22.0 Å². The molecule has 25 heavy (non-hydrogen) atoms. The van der Waals surface area contributed by atoms with Crippen LogP contribution in [-0.4, -0.2) is 11.7 Å². The fourth-order valence-corrected chi connectivity index (χ4v) is 2.11. The van der Waals surface area contributed by atoms with E-state index in [-0.39, 0.29) is 18.6 Å². The summed E-state index contributed by atoms with van der Waals surface area (Å²) in [7, 11) is 0. The molecule has 2 rings (SSSR count). The molecule has 0 bridgehead atoms. The van der Waals surface area contributed by atoms with Crippen LogP contribution in [0.25, 0.3) is 0 Å². The third-order valence-corrected chi connectivity index (χ3v) is 3.25. The summed E-state index contributed by atoms with van der Waals surface area (Å²) in [5, 5.41) is 8.19. The van der Waals surface area contributed by atoms with Crippen molar-refractivity contribution in [3.8, 4) is 11.5 Å². The van der Waals surface area contributed by atoms with Gasteiger partial charge in [0.2, 0.25) is 0 Å². The number of ether oxygens (including phenoxy) is 1. The van der Waals surface area contributed by atoms with Gasteiger partial charge >= 0.3 is 6.18 Å². The van der Waals surface area contributed by atoms with Crippen LogP contribution < -0.4 is 4.74 Å². The summed E-state index contributed by atoms with van der Waals surface area (Å²) in [6, 6.07) is 4.43. The molecule has 2 nitrogen and oxygen atoms in total. The second-order valence-corrected chi connectivity index (χ2v) is 5.01. The van der Waals surface area contributed by atoms with Crippen LogP contribution in [0.2, 0.25) is 5.02 Å². The minimum absolute atomic E-state index is 0.0350. The van der Waals surface area contributed by atoms with Crippen molar-refractivity contribution < 1.29 is 31.8 Å². The minimum Gasteiger partial charge on any atom is -0.451 e. The van der Waals surface area contributed by atoms with Crippen molar-refractivity contribution in [3.63, 3.8) is 0 Å². The summed E-state index contributed by atoms with van der Waals surface area (Å²) in [5.41, 5.74) is -0.976. The molecule has 0 aliphatic rings. The van der Waals surface area contributed by atoms with Crippen molar-refractivity contribution in [1.29, 1.82) is 0 Å². The predicted molar refractivity (Wildman–Crippen MR) is 85.0 cm³/mol. The Morgan fingerprint density at radius 2 is 1.60 bits per heavy atom. The molecule has 1 N–H and O–H groups in total. The van der Waals surface area contributed by atoms with E-state index in [0.717, 1.165) is 24.3 Å². The zero-order valence-corrected chi connectivity index (χ0v) is 14.2. The third kappa shape index (κ3) is 5.57. The molecule has 0 unspecified atom stereocenters. The number of hydrogen-bond donors (Lipinski definition) is 1. The Balaban J connectivity index is 0.00000151. The van der Waals surface area contributed by atoms with Gasteiger partial charge in [-0.25, -0.2) is 8.78 Å². The average Bonchev–Trinajstić information content (AvgIpc) is 2.53. The Labute approximate surface area is 146 Å². The second kappa shape index (κ2) is 9.01. The van der Waals surface area contributed by atoms with Crippen molar-refractivity contribution in [2.24, 2.45) is 0 Å². The molecule has 0 atom stereocenters. The van der Waals surface area contributed by atoms with Gasteiger partial charge in [-0.1, -0.05) is 25.4 Å². The molecule has 2 aromatic rings. The number of alkyl halides is 3. The lowest BCUT2D eigenvalue weighted by molar-refractivity contribution is -0.137. The lowest BCUT2D eigenvalue weighted by Crippen LogP contribution is -2.06. The van der Waals surface area contributed by atoms with E-state index in [0.29, 0.717) is 6.07 Å². The molecule has 0 saturated carbocycles. The normalized spacial score (nSPS) is 10.9. The molecule has 0 amide bonds. The number of aliphatic hydroxyl groups excluding tert-OH is 1. The first-order valence-electron chi connectivity index (χ1n) is 7.35. The van der Waals surface area contributed by atoms with Crippen LogP contribution in [0, 0.1) is 11.6 Å². The zero-order valence-electron chi connectivity index (χ0n) is 13.4. The maximum absolute atomic E-state index is 13.8. The van der Waals surface area contributed by atoms with Crippen molar-refractivity contribution in [1.82, 2.24) is 0 Å². The third-order valence-electron chi connectivity index (χ3n) is 2.92. The van der Waals surface area contributed by atoms with Gasteiger partial charge in [0.1, 0.15) is 5.75 Å². The topological polar surface area (TPSA) is 29.5 Å². The summed E-state index contributed by atoms with van der Waals surface area (Å²) < 4.78 is 70.8. The summed E-state index contributed by atoms with van der Waals surface area (Å²) in [5.74, 6) is -3.41. The highest BCUT2D eigenvalue weighted by Gasteiger charge is 2.33. The lowest BCUT2D eigenvalue weighted by Gasteiger charge is -2.13. The largest absolute Gasteiger partial charge is 0.451 e. The molecule has 0 radical (unpaired) electrons. The van der Waals surface area contributed by atoms with E-state index in [2.05, 4.69) is 0 Å². The van der Waals surface area contributed by atoms with Crippen LogP contribution in [0.15, 0.2) is 30.3 Å². The SMILES string of the molecule is CC.OCCc1cc(F)c(Oc2ccc(Cl)c(C(F)(F)F)c2)c(F)c1. The van der Waals surface area contributed by atoms with Crippen molar-refractivity contribution in [2.75, 3.05) is 6.61 Å². The van der Waals surface area contributed by atoms with Gasteiger partial charge in [0.25, 0.3) is 0 Å². The highest BCUT2D eigenvalue weighted by Crippen LogP contribution is 2.38. The zero-order chi connectivity index (χ0) is 19.2. The quantitative estimate of drug-likeness (QED) is 0.658. The Morgan fingerprint density at radius 1 is 1.04 bits per heavy atom. The first-order chi connectivity index (χ1) is 11.7. The molecular weight excluding hydrogens is 367 g/mol. The summed E-state index contributed by atoms with van der Waals surface area (Å²) >= 11 is 5.45. The molecule has 0 fully saturated rings. The van der Waals surface area contributed by atoms with E-state index in [1.807, 2.05) is 13.8 Å². The number of benzene rings is 2. The lowest BCUT2D eigenvalue weighted by atomic mass is 10.1. The molecule has 0 heterocycles. The molecule has 0 spiro atoms. The molecule has 2 aromatic carbocycles. The Hall–Kier alpha value is -1.86. The van der Waals surface area contributed by atoms with Crippen LogP contribution in [0.5, 0.6) is 11.5 Å². The van der Waals surface area contributed by atoms with Crippen molar-refractivity contribution in [2.45, 2.75) is 26.4 Å². The van der Waals surface area contributed by atoms with E-state index in [1.165, 1.54) is 0 Å². The number of halogens is 6. The van der Waals surface area contributed by atoms with E-state index < -0.39 is 39.9 Å². The fourth-order valence-electron chi connectivity index (χ4n) is 1.89.